The minimum absolute atomic E-state index is 0.171. The third kappa shape index (κ3) is 1.58. The van der Waals surface area contributed by atoms with E-state index >= 15 is 0 Å². The third-order valence-corrected chi connectivity index (χ3v) is 4.08. The highest BCUT2D eigenvalue weighted by atomic mass is 16.2. The topological polar surface area (TPSA) is 79.0 Å². The smallest absolute Gasteiger partial charge is 0.238 e. The minimum Gasteiger partial charge on any atom is -0.274 e. The van der Waals surface area contributed by atoms with E-state index in [0.717, 1.165) is 25.7 Å². The summed E-state index contributed by atoms with van der Waals surface area (Å²) in [6, 6.07) is 1.99. The fraction of sp³-hybridized carbons (Fsp3) is 0.538. The zero-order valence-electron chi connectivity index (χ0n) is 10.7. The zero-order chi connectivity index (χ0) is 13.6. The molecule has 2 aliphatic rings. The number of hydrogen-bond donors (Lipinski definition) is 0. The molecule has 0 aromatic carbocycles. The van der Waals surface area contributed by atoms with Crippen molar-refractivity contribution >= 4 is 17.6 Å². The van der Waals surface area contributed by atoms with E-state index in [1.807, 2.05) is 6.07 Å². The van der Waals surface area contributed by atoms with Crippen LogP contribution < -0.4 is 4.90 Å². The van der Waals surface area contributed by atoms with Gasteiger partial charge in [0.2, 0.25) is 11.8 Å². The van der Waals surface area contributed by atoms with Gasteiger partial charge in [-0.1, -0.05) is 12.8 Å². The average molecular weight is 258 g/mol. The monoisotopic (exact) mass is 258 g/mol. The summed E-state index contributed by atoms with van der Waals surface area (Å²) in [4.78, 5) is 26.0. The van der Waals surface area contributed by atoms with Crippen molar-refractivity contribution in [3.05, 3.63) is 11.8 Å². The van der Waals surface area contributed by atoms with E-state index in [4.69, 9.17) is 5.26 Å². The van der Waals surface area contributed by atoms with E-state index < -0.39 is 0 Å². The molecule has 0 radical (unpaired) electrons. The van der Waals surface area contributed by atoms with Crippen LogP contribution in [-0.4, -0.2) is 21.6 Å². The van der Waals surface area contributed by atoms with Crippen LogP contribution in [0.15, 0.2) is 6.20 Å². The van der Waals surface area contributed by atoms with Gasteiger partial charge >= 0.3 is 0 Å². The van der Waals surface area contributed by atoms with Crippen molar-refractivity contribution in [2.75, 3.05) is 4.90 Å². The van der Waals surface area contributed by atoms with Gasteiger partial charge in [0, 0.05) is 7.05 Å². The largest absolute Gasteiger partial charge is 0.274 e. The molecule has 1 saturated carbocycles. The zero-order valence-corrected chi connectivity index (χ0v) is 10.7. The lowest BCUT2D eigenvalue weighted by Gasteiger charge is -2.19. The van der Waals surface area contributed by atoms with E-state index in [1.54, 1.807) is 7.05 Å². The van der Waals surface area contributed by atoms with Crippen molar-refractivity contribution in [2.45, 2.75) is 25.7 Å². The fourth-order valence-electron chi connectivity index (χ4n) is 3.15. The van der Waals surface area contributed by atoms with Gasteiger partial charge in [0.05, 0.1) is 18.0 Å². The Morgan fingerprint density at radius 2 is 1.84 bits per heavy atom. The van der Waals surface area contributed by atoms with Crippen molar-refractivity contribution in [2.24, 2.45) is 18.9 Å². The van der Waals surface area contributed by atoms with Crippen molar-refractivity contribution in [3.8, 4) is 6.07 Å². The maximum Gasteiger partial charge on any atom is 0.238 e. The summed E-state index contributed by atoms with van der Waals surface area (Å²) in [5.74, 6) is -0.443. The van der Waals surface area contributed by atoms with Gasteiger partial charge in [0.25, 0.3) is 0 Å². The number of hydrogen-bond acceptors (Lipinski definition) is 4. The number of anilines is 1. The Bertz CT molecular complexity index is 574. The Hall–Kier alpha value is -2.16. The Morgan fingerprint density at radius 1 is 1.26 bits per heavy atom. The number of nitriles is 1. The van der Waals surface area contributed by atoms with Crippen LogP contribution in [0.1, 0.15) is 31.2 Å². The normalized spacial score (nSPS) is 26.4. The molecule has 2 heterocycles. The summed E-state index contributed by atoms with van der Waals surface area (Å²) < 4.78 is 1.42. The fourth-order valence-corrected chi connectivity index (χ4v) is 3.15. The highest BCUT2D eigenvalue weighted by Gasteiger charge is 2.50. The molecule has 6 nitrogen and oxygen atoms in total. The van der Waals surface area contributed by atoms with Gasteiger partial charge in [0.15, 0.2) is 5.82 Å². The summed E-state index contributed by atoms with van der Waals surface area (Å²) in [7, 11) is 1.64. The molecule has 98 valence electrons. The Balaban J connectivity index is 2.06. The lowest BCUT2D eigenvalue weighted by Crippen LogP contribution is -2.33. The quantitative estimate of drug-likeness (QED) is 0.703. The molecule has 1 aromatic rings. The van der Waals surface area contributed by atoms with Crippen molar-refractivity contribution in [3.63, 3.8) is 0 Å². The summed E-state index contributed by atoms with van der Waals surface area (Å²) in [6.07, 6.45) is 4.91. The summed E-state index contributed by atoms with van der Waals surface area (Å²) in [5.41, 5.74) is 0.267. The Labute approximate surface area is 110 Å². The van der Waals surface area contributed by atoms with E-state index in [2.05, 4.69) is 5.10 Å². The maximum atomic E-state index is 12.4. The number of imide groups is 1. The van der Waals surface area contributed by atoms with Gasteiger partial charge in [-0.2, -0.15) is 10.4 Å². The van der Waals surface area contributed by atoms with Crippen LogP contribution in [0, 0.1) is 23.2 Å². The predicted molar refractivity (Wildman–Crippen MR) is 65.9 cm³/mol. The molecule has 2 amide bonds. The first-order chi connectivity index (χ1) is 9.15. The summed E-state index contributed by atoms with van der Waals surface area (Å²) in [5, 5.41) is 13.0. The number of aromatic nitrogens is 2. The highest BCUT2D eigenvalue weighted by molar-refractivity contribution is 6.22. The number of nitrogens with zero attached hydrogens (tertiary/aromatic N) is 4. The first kappa shape index (κ1) is 11.9. The molecule has 19 heavy (non-hydrogen) atoms. The summed E-state index contributed by atoms with van der Waals surface area (Å²) in [6.45, 7) is 0. The number of aryl methyl sites for hydroxylation is 1. The van der Waals surface area contributed by atoms with Crippen molar-refractivity contribution in [1.29, 1.82) is 5.26 Å². The lowest BCUT2D eigenvalue weighted by molar-refractivity contribution is -0.122. The molecule has 0 bridgehead atoms. The molecular formula is C13H14N4O2. The number of carbonyl (C=O) groups excluding carboxylic acids is 2. The SMILES string of the molecule is Cn1ncc(C#N)c1N1C(=O)C2CCCCC2C1=O. The van der Waals surface area contributed by atoms with E-state index in [0.29, 0.717) is 5.82 Å². The molecule has 1 aliphatic carbocycles. The number of fused-ring (bicyclic) bond motifs is 1. The number of amides is 2. The molecule has 0 spiro atoms. The van der Waals surface area contributed by atoms with Crippen molar-refractivity contribution in [1.82, 2.24) is 9.78 Å². The van der Waals surface area contributed by atoms with E-state index in [-0.39, 0.29) is 29.2 Å². The first-order valence-corrected chi connectivity index (χ1v) is 6.45. The summed E-state index contributed by atoms with van der Waals surface area (Å²) >= 11 is 0. The molecular weight excluding hydrogens is 244 g/mol. The molecule has 0 N–H and O–H groups in total. The van der Waals surface area contributed by atoms with Crippen LogP contribution in [0.5, 0.6) is 0 Å². The second-order valence-electron chi connectivity index (χ2n) is 5.13. The second kappa shape index (κ2) is 4.19. The highest BCUT2D eigenvalue weighted by Crippen LogP contribution is 2.40. The Kier molecular flexibility index (Phi) is 2.63. The molecule has 1 aliphatic heterocycles. The Morgan fingerprint density at radius 3 is 2.37 bits per heavy atom. The molecule has 2 atom stereocenters. The number of carbonyl (C=O) groups is 2. The minimum atomic E-state index is -0.206. The maximum absolute atomic E-state index is 12.4. The van der Waals surface area contributed by atoms with Crippen LogP contribution in [0.4, 0.5) is 5.82 Å². The van der Waals surface area contributed by atoms with Crippen molar-refractivity contribution < 1.29 is 9.59 Å². The molecule has 2 fully saturated rings. The molecule has 6 heteroatoms. The van der Waals surface area contributed by atoms with Gasteiger partial charge in [-0.25, -0.2) is 4.90 Å². The standard InChI is InChI=1S/C13H14N4O2/c1-16-11(8(6-14)7-15-16)17-12(18)9-4-2-3-5-10(9)13(17)19/h7,9-10H,2-5H2,1H3. The first-order valence-electron chi connectivity index (χ1n) is 6.45. The van der Waals surface area contributed by atoms with Crippen LogP contribution in [0.25, 0.3) is 0 Å². The number of rotatable bonds is 1. The van der Waals surface area contributed by atoms with Crippen LogP contribution in [0.2, 0.25) is 0 Å². The van der Waals surface area contributed by atoms with Gasteiger partial charge in [-0.3, -0.25) is 14.3 Å². The third-order valence-electron chi connectivity index (χ3n) is 4.08. The van der Waals surface area contributed by atoms with Gasteiger partial charge in [-0.15, -0.1) is 0 Å². The molecule has 1 saturated heterocycles. The molecule has 2 unspecified atom stereocenters. The van der Waals surface area contributed by atoms with Crippen LogP contribution in [0.3, 0.4) is 0 Å². The van der Waals surface area contributed by atoms with Gasteiger partial charge in [-0.05, 0) is 12.8 Å². The van der Waals surface area contributed by atoms with E-state index in [1.165, 1.54) is 15.8 Å². The van der Waals surface area contributed by atoms with E-state index in [9.17, 15) is 9.59 Å². The lowest BCUT2D eigenvalue weighted by atomic mass is 9.81. The molecule has 1 aromatic heterocycles. The van der Waals surface area contributed by atoms with Gasteiger partial charge < -0.3 is 0 Å². The van der Waals surface area contributed by atoms with Crippen LogP contribution >= 0.6 is 0 Å². The van der Waals surface area contributed by atoms with Crippen LogP contribution in [-0.2, 0) is 16.6 Å². The average Bonchev–Trinajstić information content (AvgIpc) is 2.90. The second-order valence-corrected chi connectivity index (χ2v) is 5.13. The van der Waals surface area contributed by atoms with Gasteiger partial charge in [0.1, 0.15) is 11.6 Å². The molecule has 3 rings (SSSR count). The predicted octanol–water partition coefficient (Wildman–Crippen LogP) is 0.971.